The summed E-state index contributed by atoms with van der Waals surface area (Å²) in [6.07, 6.45) is 68.9. The van der Waals surface area contributed by atoms with Crippen LogP contribution in [0, 0.1) is 0 Å². The van der Waals surface area contributed by atoms with Crippen molar-refractivity contribution in [2.24, 2.45) is 0 Å². The number of aliphatic hydroxyl groups is 1. The molecule has 3 unspecified atom stereocenters. The molecule has 0 radical (unpaired) electrons. The van der Waals surface area contributed by atoms with Crippen molar-refractivity contribution in [1.29, 1.82) is 0 Å². The molecule has 8 nitrogen and oxygen atoms in total. The minimum absolute atomic E-state index is 0.0636. The lowest BCUT2D eigenvalue weighted by Gasteiger charge is -2.25. The van der Waals surface area contributed by atoms with Gasteiger partial charge < -0.3 is 19.8 Å². The number of carbonyl (C=O) groups is 1. The molecule has 422 valence electrons. The Bertz CT molecular complexity index is 1210. The van der Waals surface area contributed by atoms with Gasteiger partial charge in [0.25, 0.3) is 0 Å². The Kier molecular flexibility index (Phi) is 53.0. The molecule has 0 rings (SSSR count). The number of phosphoric ester groups is 1. The molecule has 9 heteroatoms. The van der Waals surface area contributed by atoms with Crippen molar-refractivity contribution in [3.63, 3.8) is 0 Å². The van der Waals surface area contributed by atoms with E-state index in [0.29, 0.717) is 17.4 Å². The van der Waals surface area contributed by atoms with Crippen molar-refractivity contribution >= 4 is 13.7 Å². The van der Waals surface area contributed by atoms with Gasteiger partial charge in [0.2, 0.25) is 5.91 Å². The summed E-state index contributed by atoms with van der Waals surface area (Å²) in [5.41, 5.74) is 0. The van der Waals surface area contributed by atoms with Crippen molar-refractivity contribution in [2.45, 2.75) is 328 Å². The van der Waals surface area contributed by atoms with Crippen LogP contribution in [-0.4, -0.2) is 73.4 Å². The molecule has 0 aliphatic rings. The minimum Gasteiger partial charge on any atom is -0.387 e. The molecule has 3 N–H and O–H groups in total. The maximum Gasteiger partial charge on any atom is 0.472 e. The summed E-state index contributed by atoms with van der Waals surface area (Å²) in [5, 5.41) is 13.9. The number of phosphoric acid groups is 1. The summed E-state index contributed by atoms with van der Waals surface area (Å²) in [7, 11) is 1.58. The molecule has 1 amide bonds. The van der Waals surface area contributed by atoms with Gasteiger partial charge in [-0.2, -0.15) is 0 Å². The third kappa shape index (κ3) is 56.5. The molecule has 71 heavy (non-hydrogen) atoms. The van der Waals surface area contributed by atoms with E-state index in [-0.39, 0.29) is 19.1 Å². The highest BCUT2D eigenvalue weighted by Gasteiger charge is 2.27. The quantitative estimate of drug-likeness (QED) is 0.0243. The van der Waals surface area contributed by atoms with Crippen LogP contribution in [-0.2, 0) is 18.4 Å². The van der Waals surface area contributed by atoms with Crippen LogP contribution >= 0.6 is 7.82 Å². The summed E-state index contributed by atoms with van der Waals surface area (Å²) in [6.45, 7) is 4.84. The van der Waals surface area contributed by atoms with Crippen LogP contribution in [0.25, 0.3) is 0 Å². The van der Waals surface area contributed by atoms with Gasteiger partial charge in [0.05, 0.1) is 39.9 Å². The summed E-state index contributed by atoms with van der Waals surface area (Å²) >= 11 is 0. The topological polar surface area (TPSA) is 105 Å². The highest BCUT2D eigenvalue weighted by Crippen LogP contribution is 2.43. The first kappa shape index (κ1) is 70.0. The molecule has 0 aliphatic heterocycles. The zero-order chi connectivity index (χ0) is 52.0. The number of hydrogen-bond acceptors (Lipinski definition) is 5. The number of rotatable bonds is 58. The fourth-order valence-electron chi connectivity index (χ4n) is 9.51. The lowest BCUT2D eigenvalue weighted by atomic mass is 10.0. The zero-order valence-corrected chi connectivity index (χ0v) is 49.1. The first-order valence-electron chi connectivity index (χ1n) is 31.2. The van der Waals surface area contributed by atoms with Crippen molar-refractivity contribution in [3.05, 3.63) is 24.3 Å². The van der Waals surface area contributed by atoms with Gasteiger partial charge in [-0.1, -0.05) is 289 Å². The predicted octanol–water partition coefficient (Wildman–Crippen LogP) is 19.2. The van der Waals surface area contributed by atoms with E-state index < -0.39 is 20.0 Å². The number of amides is 1. The van der Waals surface area contributed by atoms with Crippen molar-refractivity contribution in [3.8, 4) is 0 Å². The third-order valence-electron chi connectivity index (χ3n) is 14.4. The van der Waals surface area contributed by atoms with Crippen LogP contribution < -0.4 is 5.32 Å². The number of aliphatic hydroxyl groups excluding tert-OH is 1. The number of allylic oxidation sites excluding steroid dienone is 3. The number of unbranched alkanes of at least 4 members (excludes halogenated alkanes) is 43. The van der Waals surface area contributed by atoms with Crippen LogP contribution in [0.3, 0.4) is 0 Å². The van der Waals surface area contributed by atoms with Gasteiger partial charge in [0.15, 0.2) is 0 Å². The average Bonchev–Trinajstić information content (AvgIpc) is 3.33. The Balaban J connectivity index is 3.88. The first-order valence-corrected chi connectivity index (χ1v) is 32.7. The summed E-state index contributed by atoms with van der Waals surface area (Å²) in [6, 6.07) is -0.843. The Labute approximate surface area is 443 Å². The fraction of sp³-hybridized carbons (Fsp3) is 0.919. The SMILES string of the molecule is CCCCCCCCCCCC/C=C/C(O)C(COP(=O)(O)OCC[N+](C)(C)C)NC(=O)CCCCCCCCCCCCCCCCCCC/C=C\CCCCCCCCCCCCCCCCCC. The number of nitrogens with zero attached hydrogens (tertiary/aromatic N) is 1. The molecule has 0 spiro atoms. The van der Waals surface area contributed by atoms with Crippen LogP contribution in [0.1, 0.15) is 316 Å². The number of carbonyl (C=O) groups excluding carboxylic acids is 1. The maximum atomic E-state index is 13.0. The second-order valence-electron chi connectivity index (χ2n) is 22.8. The lowest BCUT2D eigenvalue weighted by Crippen LogP contribution is -2.45. The number of nitrogens with one attached hydrogen (secondary N) is 1. The van der Waals surface area contributed by atoms with Gasteiger partial charge in [-0.15, -0.1) is 0 Å². The van der Waals surface area contributed by atoms with Crippen molar-refractivity contribution in [2.75, 3.05) is 40.9 Å². The normalized spacial score (nSPS) is 14.0. The maximum absolute atomic E-state index is 13.0. The van der Waals surface area contributed by atoms with Gasteiger partial charge >= 0.3 is 7.82 Å². The Morgan fingerprint density at radius 2 is 0.761 bits per heavy atom. The first-order chi connectivity index (χ1) is 34.5. The molecule has 0 aromatic heterocycles. The van der Waals surface area contributed by atoms with E-state index in [1.165, 1.54) is 257 Å². The largest absolute Gasteiger partial charge is 0.472 e. The monoisotopic (exact) mass is 1020 g/mol. The molecular weight excluding hydrogens is 900 g/mol. The number of hydrogen-bond donors (Lipinski definition) is 3. The highest BCUT2D eigenvalue weighted by molar-refractivity contribution is 7.47. The number of quaternary nitrogens is 1. The molecule has 0 aromatic rings. The molecule has 0 aliphatic carbocycles. The summed E-state index contributed by atoms with van der Waals surface area (Å²) in [5.74, 6) is -0.173. The Hall–Kier alpha value is -1.02. The second kappa shape index (κ2) is 53.8. The van der Waals surface area contributed by atoms with Crippen molar-refractivity contribution in [1.82, 2.24) is 5.32 Å². The van der Waals surface area contributed by atoms with Gasteiger partial charge in [-0.25, -0.2) is 4.57 Å². The number of likely N-dealkylation sites (N-methyl/N-ethyl adjacent to an activating group) is 1. The minimum atomic E-state index is -4.34. The zero-order valence-electron chi connectivity index (χ0n) is 48.2. The summed E-state index contributed by atoms with van der Waals surface area (Å²) in [4.78, 5) is 23.3. The lowest BCUT2D eigenvalue weighted by molar-refractivity contribution is -0.870. The molecule has 0 fully saturated rings. The van der Waals surface area contributed by atoms with E-state index in [1.54, 1.807) is 6.08 Å². The summed E-state index contributed by atoms with van der Waals surface area (Å²) < 4.78 is 23.7. The van der Waals surface area contributed by atoms with E-state index >= 15 is 0 Å². The fourth-order valence-corrected chi connectivity index (χ4v) is 10.2. The van der Waals surface area contributed by atoms with Crippen LogP contribution in [0.5, 0.6) is 0 Å². The molecule has 0 heterocycles. The standard InChI is InChI=1S/C62H123N2O6P/c1-6-8-10-12-14-16-18-20-21-22-23-24-25-26-27-28-29-30-31-32-33-34-35-36-37-38-39-40-41-42-43-44-46-48-50-52-54-56-62(66)63-60(59-70-71(67,68)69-58-57-64(3,4)5)61(65)55-53-51-49-47-45-19-17-15-13-11-9-7-2/h30-31,53,55,60-61,65H,6-29,32-52,54,56-59H2,1-5H3,(H-,63,66,67,68)/p+1/b31-30-,55-53+. The third-order valence-corrected chi connectivity index (χ3v) is 15.4. The Morgan fingerprint density at radius 1 is 0.465 bits per heavy atom. The van der Waals surface area contributed by atoms with Crippen LogP contribution in [0.4, 0.5) is 0 Å². The molecular formula is C62H124N2O6P+. The van der Waals surface area contributed by atoms with Gasteiger partial charge in [-0.3, -0.25) is 13.8 Å². The van der Waals surface area contributed by atoms with Gasteiger partial charge in [0.1, 0.15) is 13.2 Å². The predicted molar refractivity (Wildman–Crippen MR) is 309 cm³/mol. The molecule has 0 aromatic carbocycles. The van der Waals surface area contributed by atoms with E-state index in [1.807, 2.05) is 27.2 Å². The molecule has 0 saturated carbocycles. The second-order valence-corrected chi connectivity index (χ2v) is 24.2. The van der Waals surface area contributed by atoms with E-state index in [2.05, 4.69) is 31.3 Å². The van der Waals surface area contributed by atoms with Gasteiger partial charge in [-0.05, 0) is 44.9 Å². The van der Waals surface area contributed by atoms with Crippen LogP contribution in [0.2, 0.25) is 0 Å². The van der Waals surface area contributed by atoms with Crippen LogP contribution in [0.15, 0.2) is 24.3 Å². The van der Waals surface area contributed by atoms with Crippen molar-refractivity contribution < 1.29 is 32.9 Å². The average molecular weight is 1020 g/mol. The highest BCUT2D eigenvalue weighted by atomic mass is 31.2. The molecule has 0 bridgehead atoms. The molecule has 0 saturated heterocycles. The van der Waals surface area contributed by atoms with E-state index in [4.69, 9.17) is 9.05 Å². The Morgan fingerprint density at radius 3 is 1.08 bits per heavy atom. The van der Waals surface area contributed by atoms with E-state index in [0.717, 1.165) is 38.5 Å². The van der Waals surface area contributed by atoms with E-state index in [9.17, 15) is 19.4 Å². The molecule has 3 atom stereocenters. The smallest absolute Gasteiger partial charge is 0.387 e. The van der Waals surface area contributed by atoms with Gasteiger partial charge in [0, 0.05) is 6.42 Å².